The molecule has 0 aromatic heterocycles. The molecule has 0 aliphatic carbocycles. The summed E-state index contributed by atoms with van der Waals surface area (Å²) in [5.41, 5.74) is 5.06. The van der Waals surface area contributed by atoms with Gasteiger partial charge in [0.05, 0.1) is 6.54 Å². The largest absolute Gasteiger partial charge is 0.329 e. The van der Waals surface area contributed by atoms with Crippen LogP contribution in [0.15, 0.2) is 0 Å². The third-order valence-corrected chi connectivity index (χ3v) is 1.94. The van der Waals surface area contributed by atoms with Crippen LogP contribution in [-0.2, 0) is 0 Å². The lowest BCUT2D eigenvalue weighted by Crippen LogP contribution is -2.48. The van der Waals surface area contributed by atoms with Gasteiger partial charge < -0.3 is 5.73 Å². The Morgan fingerprint density at radius 2 is 1.91 bits per heavy atom. The fourth-order valence-electron chi connectivity index (χ4n) is 0.610. The highest BCUT2D eigenvalue weighted by Crippen LogP contribution is 2.11. The number of likely N-dealkylation sites (N-methyl/N-ethyl adjacent to an activating group) is 1. The Morgan fingerprint density at radius 3 is 2.18 bits per heavy atom. The molecule has 0 saturated heterocycles. The highest BCUT2D eigenvalue weighted by Gasteiger charge is 2.23. The smallest absolute Gasteiger partial charge is 0.251 e. The van der Waals surface area contributed by atoms with Crippen LogP contribution in [0.4, 0.5) is 8.78 Å². The maximum atomic E-state index is 11.9. The van der Waals surface area contributed by atoms with Crippen LogP contribution in [0.1, 0.15) is 13.8 Å². The summed E-state index contributed by atoms with van der Waals surface area (Å²) >= 11 is 0. The van der Waals surface area contributed by atoms with E-state index in [9.17, 15) is 8.78 Å². The van der Waals surface area contributed by atoms with Crippen LogP contribution in [0, 0.1) is 0 Å². The molecule has 2 nitrogen and oxygen atoms in total. The molecule has 0 aliphatic rings. The second kappa shape index (κ2) is 3.97. The molecule has 68 valence electrons. The zero-order chi connectivity index (χ0) is 9.07. The third-order valence-electron chi connectivity index (χ3n) is 1.94. The van der Waals surface area contributed by atoms with Crippen molar-refractivity contribution in [3.63, 3.8) is 0 Å². The second-order valence-corrected chi connectivity index (χ2v) is 3.29. The highest BCUT2D eigenvalue weighted by molar-refractivity contribution is 4.80. The molecule has 0 spiro atoms. The van der Waals surface area contributed by atoms with Crippen molar-refractivity contribution in [3.8, 4) is 0 Å². The fraction of sp³-hybridized carbons (Fsp3) is 1.00. The molecule has 0 unspecified atom stereocenters. The van der Waals surface area contributed by atoms with Gasteiger partial charge in [0.25, 0.3) is 6.43 Å². The molecular weight excluding hydrogens is 150 g/mol. The first-order chi connectivity index (χ1) is 4.90. The van der Waals surface area contributed by atoms with Gasteiger partial charge in [0.15, 0.2) is 0 Å². The van der Waals surface area contributed by atoms with Gasteiger partial charge in [0, 0.05) is 12.1 Å². The van der Waals surface area contributed by atoms with Crippen LogP contribution >= 0.6 is 0 Å². The molecule has 0 saturated carbocycles. The quantitative estimate of drug-likeness (QED) is 0.673. The molecule has 0 amide bonds. The van der Waals surface area contributed by atoms with Crippen LogP contribution < -0.4 is 5.73 Å². The SMILES string of the molecule is CN(CC(F)F)C(C)(C)CN. The van der Waals surface area contributed by atoms with Crippen LogP contribution in [0.3, 0.4) is 0 Å². The van der Waals surface area contributed by atoms with Crippen LogP contribution in [-0.4, -0.2) is 37.0 Å². The molecule has 0 fully saturated rings. The van der Waals surface area contributed by atoms with Crippen molar-refractivity contribution in [2.45, 2.75) is 25.8 Å². The topological polar surface area (TPSA) is 29.3 Å². The maximum absolute atomic E-state index is 11.9. The van der Waals surface area contributed by atoms with E-state index in [4.69, 9.17) is 5.73 Å². The van der Waals surface area contributed by atoms with Crippen LogP contribution in [0.25, 0.3) is 0 Å². The molecule has 0 aliphatic heterocycles. The van der Waals surface area contributed by atoms with Gasteiger partial charge in [-0.2, -0.15) is 0 Å². The minimum atomic E-state index is -2.29. The fourth-order valence-corrected chi connectivity index (χ4v) is 0.610. The Bertz CT molecular complexity index is 115. The van der Waals surface area contributed by atoms with Gasteiger partial charge in [-0.05, 0) is 20.9 Å². The molecule has 0 bridgehead atoms. The van der Waals surface area contributed by atoms with Gasteiger partial charge in [-0.25, -0.2) is 8.78 Å². The number of hydrogen-bond acceptors (Lipinski definition) is 2. The molecule has 0 aromatic rings. The van der Waals surface area contributed by atoms with Gasteiger partial charge in [-0.15, -0.1) is 0 Å². The zero-order valence-electron chi connectivity index (χ0n) is 7.27. The third kappa shape index (κ3) is 3.62. The first-order valence-corrected chi connectivity index (χ1v) is 3.59. The molecule has 0 atom stereocenters. The monoisotopic (exact) mass is 166 g/mol. The summed E-state index contributed by atoms with van der Waals surface area (Å²) in [6.45, 7) is 3.85. The maximum Gasteiger partial charge on any atom is 0.251 e. The molecule has 0 radical (unpaired) electrons. The van der Waals surface area contributed by atoms with Crippen molar-refractivity contribution in [1.82, 2.24) is 4.90 Å². The Hall–Kier alpha value is -0.220. The summed E-state index contributed by atoms with van der Waals surface area (Å²) in [6, 6.07) is 0. The summed E-state index contributed by atoms with van der Waals surface area (Å²) in [6.07, 6.45) is -2.29. The van der Waals surface area contributed by atoms with Gasteiger partial charge in [-0.1, -0.05) is 0 Å². The Morgan fingerprint density at radius 1 is 1.45 bits per heavy atom. The number of nitrogens with two attached hydrogens (primary N) is 1. The summed E-state index contributed by atoms with van der Waals surface area (Å²) in [5.74, 6) is 0. The first-order valence-electron chi connectivity index (χ1n) is 3.59. The predicted octanol–water partition coefficient (Wildman–Crippen LogP) is 0.921. The van der Waals surface area contributed by atoms with Crippen molar-refractivity contribution in [2.24, 2.45) is 5.73 Å². The molecule has 0 heterocycles. The summed E-state index contributed by atoms with van der Waals surface area (Å²) in [5, 5.41) is 0. The molecule has 0 aromatic carbocycles. The van der Waals surface area contributed by atoms with E-state index in [2.05, 4.69) is 0 Å². The van der Waals surface area contributed by atoms with Crippen LogP contribution in [0.5, 0.6) is 0 Å². The van der Waals surface area contributed by atoms with E-state index in [1.165, 1.54) is 0 Å². The van der Waals surface area contributed by atoms with Gasteiger partial charge >= 0.3 is 0 Å². The van der Waals surface area contributed by atoms with Crippen molar-refractivity contribution < 1.29 is 8.78 Å². The van der Waals surface area contributed by atoms with E-state index in [1.54, 1.807) is 11.9 Å². The Balaban J connectivity index is 3.90. The zero-order valence-corrected chi connectivity index (χ0v) is 7.27. The number of rotatable bonds is 4. The molecular formula is C7H16F2N2. The highest BCUT2D eigenvalue weighted by atomic mass is 19.3. The summed E-state index contributed by atoms with van der Waals surface area (Å²) < 4.78 is 23.7. The van der Waals surface area contributed by atoms with Crippen LogP contribution in [0.2, 0.25) is 0 Å². The summed E-state index contributed by atoms with van der Waals surface area (Å²) in [7, 11) is 1.65. The lowest BCUT2D eigenvalue weighted by molar-refractivity contribution is 0.0555. The number of alkyl halides is 2. The minimum absolute atomic E-state index is 0.218. The number of halogens is 2. The standard InChI is InChI=1S/C7H16F2N2/c1-7(2,5-10)11(3)4-6(8)9/h6H,4-5,10H2,1-3H3. The van der Waals surface area contributed by atoms with Crippen molar-refractivity contribution >= 4 is 0 Å². The minimum Gasteiger partial charge on any atom is -0.329 e. The Labute approximate surface area is 66.4 Å². The van der Waals surface area contributed by atoms with Crippen molar-refractivity contribution in [3.05, 3.63) is 0 Å². The predicted molar refractivity (Wildman–Crippen MR) is 41.8 cm³/mol. The molecule has 0 rings (SSSR count). The van der Waals surface area contributed by atoms with Crippen molar-refractivity contribution in [2.75, 3.05) is 20.1 Å². The van der Waals surface area contributed by atoms with Crippen molar-refractivity contribution in [1.29, 1.82) is 0 Å². The van der Waals surface area contributed by atoms with Gasteiger partial charge in [0.1, 0.15) is 0 Å². The molecule has 4 heteroatoms. The van der Waals surface area contributed by atoms with E-state index in [1.807, 2.05) is 13.8 Å². The Kier molecular flexibility index (Phi) is 3.89. The molecule has 2 N–H and O–H groups in total. The number of hydrogen-bond donors (Lipinski definition) is 1. The number of nitrogens with zero attached hydrogens (tertiary/aromatic N) is 1. The lowest BCUT2D eigenvalue weighted by atomic mass is 10.0. The average Bonchev–Trinajstić information content (AvgIpc) is 1.86. The van der Waals surface area contributed by atoms with E-state index in [0.29, 0.717) is 6.54 Å². The van der Waals surface area contributed by atoms with Gasteiger partial charge in [0.2, 0.25) is 0 Å². The normalized spacial score (nSPS) is 13.1. The first kappa shape index (κ1) is 10.8. The van der Waals surface area contributed by atoms with Gasteiger partial charge in [-0.3, -0.25) is 4.90 Å². The van der Waals surface area contributed by atoms with E-state index >= 15 is 0 Å². The summed E-state index contributed by atoms with van der Waals surface area (Å²) in [4.78, 5) is 1.57. The average molecular weight is 166 g/mol. The van der Waals surface area contributed by atoms with E-state index in [-0.39, 0.29) is 12.1 Å². The van der Waals surface area contributed by atoms with E-state index < -0.39 is 6.43 Å². The second-order valence-electron chi connectivity index (χ2n) is 3.29. The lowest BCUT2D eigenvalue weighted by Gasteiger charge is -2.34. The van der Waals surface area contributed by atoms with E-state index in [0.717, 1.165) is 0 Å². The molecule has 11 heavy (non-hydrogen) atoms.